The van der Waals surface area contributed by atoms with Gasteiger partial charge in [0.2, 0.25) is 0 Å². The van der Waals surface area contributed by atoms with Crippen molar-refractivity contribution >= 4 is 51.2 Å². The van der Waals surface area contributed by atoms with Crippen molar-refractivity contribution in [3.63, 3.8) is 0 Å². The molecule has 1 aromatic carbocycles. The maximum Gasteiger partial charge on any atom is 0.157 e. The molecule has 2 heterocycles. The van der Waals surface area contributed by atoms with E-state index in [9.17, 15) is 4.79 Å². The van der Waals surface area contributed by atoms with Gasteiger partial charge in [0.05, 0.1) is 15.8 Å². The molecular weight excluding hydrogens is 302 g/mol. The van der Waals surface area contributed by atoms with E-state index in [0.29, 0.717) is 16.9 Å². The van der Waals surface area contributed by atoms with Crippen molar-refractivity contribution < 1.29 is 4.79 Å². The number of nitrogens with zero attached hydrogens (tertiary/aromatic N) is 3. The largest absolute Gasteiger partial charge is 0.298 e. The molecule has 0 atom stereocenters. The van der Waals surface area contributed by atoms with Gasteiger partial charge in [-0.3, -0.25) is 4.79 Å². The van der Waals surface area contributed by atoms with E-state index in [1.165, 1.54) is 18.1 Å². The van der Waals surface area contributed by atoms with Gasteiger partial charge in [-0.1, -0.05) is 23.7 Å². The lowest BCUT2D eigenvalue weighted by atomic mass is 10.3. The fourth-order valence-corrected chi connectivity index (χ4v) is 3.78. The molecule has 0 saturated carbocycles. The van der Waals surface area contributed by atoms with Crippen molar-refractivity contribution in [2.45, 2.75) is 9.37 Å². The Bertz CT molecular complexity index is 727. The van der Waals surface area contributed by atoms with Crippen LogP contribution in [0.4, 0.5) is 0 Å². The van der Waals surface area contributed by atoms with Gasteiger partial charge in [-0.2, -0.15) is 0 Å². The standard InChI is InChI=1S/C12H6ClN3OS2/c13-10-7(5-17)11(15-6-14-10)19-12-16-8-3-1-2-4-9(8)18-12/h1-6H. The molecule has 19 heavy (non-hydrogen) atoms. The molecule has 0 bridgehead atoms. The number of rotatable bonds is 3. The third-order valence-electron chi connectivity index (χ3n) is 2.37. The van der Waals surface area contributed by atoms with Gasteiger partial charge in [0, 0.05) is 0 Å². The van der Waals surface area contributed by atoms with Crippen LogP contribution in [-0.2, 0) is 0 Å². The molecule has 0 unspecified atom stereocenters. The van der Waals surface area contributed by atoms with Crippen molar-refractivity contribution in [1.29, 1.82) is 0 Å². The van der Waals surface area contributed by atoms with Gasteiger partial charge < -0.3 is 0 Å². The van der Waals surface area contributed by atoms with Crippen LogP contribution < -0.4 is 0 Å². The zero-order valence-corrected chi connectivity index (χ0v) is 11.8. The first-order valence-electron chi connectivity index (χ1n) is 5.27. The van der Waals surface area contributed by atoms with E-state index in [0.717, 1.165) is 14.6 Å². The number of hydrogen-bond donors (Lipinski definition) is 0. The Hall–Kier alpha value is -1.50. The predicted octanol–water partition coefficient (Wildman–Crippen LogP) is 3.70. The molecule has 2 aromatic heterocycles. The number of aldehydes is 1. The number of fused-ring (bicyclic) bond motifs is 1. The first-order valence-corrected chi connectivity index (χ1v) is 7.28. The molecular formula is C12H6ClN3OS2. The number of para-hydroxylation sites is 1. The van der Waals surface area contributed by atoms with Crippen LogP contribution in [0.5, 0.6) is 0 Å². The van der Waals surface area contributed by atoms with E-state index < -0.39 is 0 Å². The van der Waals surface area contributed by atoms with Crippen LogP contribution in [0.1, 0.15) is 10.4 Å². The van der Waals surface area contributed by atoms with Gasteiger partial charge in [-0.15, -0.1) is 11.3 Å². The summed E-state index contributed by atoms with van der Waals surface area (Å²) >= 11 is 8.73. The van der Waals surface area contributed by atoms with E-state index in [4.69, 9.17) is 11.6 Å². The quantitative estimate of drug-likeness (QED) is 0.545. The van der Waals surface area contributed by atoms with Gasteiger partial charge >= 0.3 is 0 Å². The van der Waals surface area contributed by atoms with E-state index in [1.807, 2.05) is 24.3 Å². The molecule has 94 valence electrons. The van der Waals surface area contributed by atoms with Gasteiger partial charge in [-0.25, -0.2) is 15.0 Å². The second kappa shape index (κ2) is 5.24. The highest BCUT2D eigenvalue weighted by molar-refractivity contribution is 8.01. The minimum atomic E-state index is 0.161. The summed E-state index contributed by atoms with van der Waals surface area (Å²) in [7, 11) is 0. The Morgan fingerprint density at radius 3 is 2.89 bits per heavy atom. The third kappa shape index (κ3) is 2.47. The second-order valence-corrected chi connectivity index (χ2v) is 6.18. The summed E-state index contributed by atoms with van der Waals surface area (Å²) in [6.45, 7) is 0. The summed E-state index contributed by atoms with van der Waals surface area (Å²) < 4.78 is 1.91. The first kappa shape index (κ1) is 12.5. The van der Waals surface area contributed by atoms with Gasteiger partial charge in [0.25, 0.3) is 0 Å². The molecule has 4 nitrogen and oxygen atoms in total. The Balaban J connectivity index is 2.01. The van der Waals surface area contributed by atoms with Gasteiger partial charge in [0.1, 0.15) is 16.5 Å². The number of thiazole rings is 1. The molecule has 0 spiro atoms. The highest BCUT2D eigenvalue weighted by Crippen LogP contribution is 2.35. The van der Waals surface area contributed by atoms with Crippen molar-refractivity contribution in [2.24, 2.45) is 0 Å². The zero-order chi connectivity index (χ0) is 13.2. The minimum absolute atomic E-state index is 0.161. The molecule has 0 saturated heterocycles. The van der Waals surface area contributed by atoms with Gasteiger partial charge in [0.15, 0.2) is 10.6 Å². The normalized spacial score (nSPS) is 10.8. The lowest BCUT2D eigenvalue weighted by Gasteiger charge is -2.00. The van der Waals surface area contributed by atoms with Gasteiger partial charge in [-0.05, 0) is 23.9 Å². The zero-order valence-electron chi connectivity index (χ0n) is 9.41. The van der Waals surface area contributed by atoms with E-state index >= 15 is 0 Å². The van der Waals surface area contributed by atoms with Crippen LogP contribution in [0, 0.1) is 0 Å². The highest BCUT2D eigenvalue weighted by atomic mass is 35.5. The van der Waals surface area contributed by atoms with Crippen LogP contribution in [0.25, 0.3) is 10.2 Å². The summed E-state index contributed by atoms with van der Waals surface area (Å²) in [5.74, 6) is 0. The van der Waals surface area contributed by atoms with E-state index in [1.54, 1.807) is 11.3 Å². The maximum absolute atomic E-state index is 11.0. The van der Waals surface area contributed by atoms with E-state index in [-0.39, 0.29) is 5.15 Å². The fraction of sp³-hybridized carbons (Fsp3) is 0. The van der Waals surface area contributed by atoms with Crippen LogP contribution >= 0.6 is 34.7 Å². The number of carbonyl (C=O) groups is 1. The highest BCUT2D eigenvalue weighted by Gasteiger charge is 2.13. The van der Waals surface area contributed by atoms with Crippen molar-refractivity contribution in [2.75, 3.05) is 0 Å². The Morgan fingerprint density at radius 2 is 2.11 bits per heavy atom. The molecule has 0 aliphatic heterocycles. The van der Waals surface area contributed by atoms with E-state index in [2.05, 4.69) is 15.0 Å². The Morgan fingerprint density at radius 1 is 1.26 bits per heavy atom. The SMILES string of the molecule is O=Cc1c(Cl)ncnc1Sc1nc2ccccc2s1. The number of hydrogen-bond acceptors (Lipinski definition) is 6. The summed E-state index contributed by atoms with van der Waals surface area (Å²) in [5, 5.41) is 0.683. The Labute approximate surface area is 121 Å². The average Bonchev–Trinajstić information content (AvgIpc) is 2.81. The molecule has 3 aromatic rings. The number of aromatic nitrogens is 3. The lowest BCUT2D eigenvalue weighted by Crippen LogP contribution is -1.93. The number of benzene rings is 1. The molecule has 0 N–H and O–H groups in total. The van der Waals surface area contributed by atoms with Crippen LogP contribution in [-0.4, -0.2) is 21.2 Å². The molecule has 7 heteroatoms. The van der Waals surface area contributed by atoms with Crippen LogP contribution in [0.3, 0.4) is 0 Å². The smallest absolute Gasteiger partial charge is 0.157 e. The predicted molar refractivity (Wildman–Crippen MR) is 76.2 cm³/mol. The summed E-state index contributed by atoms with van der Waals surface area (Å²) in [4.78, 5) is 23.4. The molecule has 0 radical (unpaired) electrons. The Kier molecular flexibility index (Phi) is 3.46. The van der Waals surface area contributed by atoms with Crippen molar-refractivity contribution in [3.8, 4) is 0 Å². The minimum Gasteiger partial charge on any atom is -0.298 e. The maximum atomic E-state index is 11.0. The first-order chi connectivity index (χ1) is 9.28. The molecule has 0 aliphatic rings. The topological polar surface area (TPSA) is 55.7 Å². The summed E-state index contributed by atoms with van der Waals surface area (Å²) in [5.41, 5.74) is 1.23. The molecule has 0 amide bonds. The molecule has 0 fully saturated rings. The van der Waals surface area contributed by atoms with Crippen molar-refractivity contribution in [3.05, 3.63) is 41.3 Å². The third-order valence-corrected chi connectivity index (χ3v) is 4.79. The lowest BCUT2D eigenvalue weighted by molar-refractivity contribution is 0.112. The number of halogens is 1. The monoisotopic (exact) mass is 307 g/mol. The second-order valence-electron chi connectivity index (χ2n) is 3.55. The average molecular weight is 308 g/mol. The molecule has 3 rings (SSSR count). The van der Waals surface area contributed by atoms with Crippen LogP contribution in [0.2, 0.25) is 5.15 Å². The van der Waals surface area contributed by atoms with Crippen molar-refractivity contribution in [1.82, 2.24) is 15.0 Å². The fourth-order valence-electron chi connectivity index (χ4n) is 1.52. The number of carbonyl (C=O) groups excluding carboxylic acids is 1. The summed E-state index contributed by atoms with van der Waals surface area (Å²) in [6.07, 6.45) is 2.00. The van der Waals surface area contributed by atoms with Crippen LogP contribution in [0.15, 0.2) is 40.0 Å². The molecule has 0 aliphatic carbocycles. The summed E-state index contributed by atoms with van der Waals surface area (Å²) in [6, 6.07) is 7.86.